The van der Waals surface area contributed by atoms with Crippen LogP contribution in [-0.2, 0) is 6.42 Å². The van der Waals surface area contributed by atoms with E-state index in [4.69, 9.17) is 4.74 Å². The summed E-state index contributed by atoms with van der Waals surface area (Å²) in [6, 6.07) is 17.1. The Labute approximate surface area is 157 Å². The molecule has 0 bridgehead atoms. The van der Waals surface area contributed by atoms with Crippen LogP contribution < -0.4 is 15.0 Å². The number of aromatic nitrogens is 2. The highest BCUT2D eigenvalue weighted by molar-refractivity contribution is 6.03. The van der Waals surface area contributed by atoms with Gasteiger partial charge in [0.25, 0.3) is 5.91 Å². The highest BCUT2D eigenvalue weighted by Gasteiger charge is 2.21. The zero-order valence-electron chi connectivity index (χ0n) is 15.1. The van der Waals surface area contributed by atoms with Crippen molar-refractivity contribution in [1.82, 2.24) is 9.97 Å². The monoisotopic (exact) mass is 360 g/mol. The smallest absolute Gasteiger partial charge is 0.274 e. The number of methoxy groups -OCH3 is 1. The Morgan fingerprint density at radius 3 is 2.93 bits per heavy atom. The van der Waals surface area contributed by atoms with Gasteiger partial charge in [-0.05, 0) is 42.7 Å². The summed E-state index contributed by atoms with van der Waals surface area (Å²) in [6.07, 6.45) is 3.70. The van der Waals surface area contributed by atoms with Crippen LogP contribution >= 0.6 is 0 Å². The molecule has 2 heterocycles. The van der Waals surface area contributed by atoms with E-state index in [1.807, 2.05) is 30.3 Å². The van der Waals surface area contributed by atoms with E-state index in [0.717, 1.165) is 25.1 Å². The molecule has 1 aromatic heterocycles. The fraction of sp³-hybridized carbons (Fsp3) is 0.190. The van der Waals surface area contributed by atoms with Crippen molar-refractivity contribution < 1.29 is 9.53 Å². The molecule has 2 aromatic carbocycles. The first-order valence-electron chi connectivity index (χ1n) is 8.88. The molecule has 1 N–H and O–H groups in total. The minimum Gasteiger partial charge on any atom is -0.497 e. The van der Waals surface area contributed by atoms with Gasteiger partial charge in [-0.1, -0.05) is 24.3 Å². The van der Waals surface area contributed by atoms with Crippen molar-refractivity contribution in [2.24, 2.45) is 0 Å². The lowest BCUT2D eigenvalue weighted by atomic mass is 10.0. The van der Waals surface area contributed by atoms with E-state index in [1.54, 1.807) is 25.4 Å². The summed E-state index contributed by atoms with van der Waals surface area (Å²) in [7, 11) is 1.59. The first kappa shape index (κ1) is 17.0. The lowest BCUT2D eigenvalue weighted by Crippen LogP contribution is -2.27. The van der Waals surface area contributed by atoms with Crippen LogP contribution in [0.4, 0.5) is 17.3 Å². The minimum atomic E-state index is -0.280. The van der Waals surface area contributed by atoms with Crippen LogP contribution in [0.15, 0.2) is 60.8 Å². The summed E-state index contributed by atoms with van der Waals surface area (Å²) in [5, 5.41) is 2.85. The van der Waals surface area contributed by atoms with E-state index in [2.05, 4.69) is 32.3 Å². The van der Waals surface area contributed by atoms with E-state index in [-0.39, 0.29) is 5.91 Å². The number of rotatable bonds is 4. The zero-order chi connectivity index (χ0) is 18.6. The normalized spacial score (nSPS) is 13.0. The number of fused-ring (bicyclic) bond motifs is 1. The second kappa shape index (κ2) is 7.45. The molecule has 27 heavy (non-hydrogen) atoms. The number of amides is 1. The average molecular weight is 360 g/mol. The standard InChI is InChI=1S/C21H20N4O2/c1-27-17-9-4-8-16(14-17)23-20(26)18-11-12-22-21(24-18)25-13-5-7-15-6-2-3-10-19(15)25/h2-4,6,8-12,14H,5,7,13H2,1H3,(H,23,26). The molecule has 0 saturated heterocycles. The van der Waals surface area contributed by atoms with Gasteiger partial charge in [-0.25, -0.2) is 9.97 Å². The third kappa shape index (κ3) is 3.60. The molecule has 0 atom stereocenters. The van der Waals surface area contributed by atoms with E-state index in [0.29, 0.717) is 23.1 Å². The number of nitrogens with one attached hydrogen (secondary N) is 1. The molecule has 1 amide bonds. The SMILES string of the molecule is COc1cccc(NC(=O)c2ccnc(N3CCCc4ccccc43)n2)c1. The molecule has 6 nitrogen and oxygen atoms in total. The van der Waals surface area contributed by atoms with Crippen LogP contribution in [0.3, 0.4) is 0 Å². The van der Waals surface area contributed by atoms with Gasteiger partial charge in [0.2, 0.25) is 5.95 Å². The molecule has 0 saturated carbocycles. The minimum absolute atomic E-state index is 0.280. The van der Waals surface area contributed by atoms with E-state index >= 15 is 0 Å². The van der Waals surface area contributed by atoms with E-state index in [9.17, 15) is 4.79 Å². The van der Waals surface area contributed by atoms with Crippen LogP contribution in [0.2, 0.25) is 0 Å². The maximum atomic E-state index is 12.6. The van der Waals surface area contributed by atoms with Crippen molar-refractivity contribution in [2.45, 2.75) is 12.8 Å². The van der Waals surface area contributed by atoms with E-state index in [1.165, 1.54) is 5.56 Å². The van der Waals surface area contributed by atoms with Gasteiger partial charge in [0.1, 0.15) is 11.4 Å². The zero-order valence-corrected chi connectivity index (χ0v) is 15.1. The van der Waals surface area contributed by atoms with Gasteiger partial charge in [0.15, 0.2) is 0 Å². The molecular formula is C21H20N4O2. The number of anilines is 3. The predicted octanol–water partition coefficient (Wildman–Crippen LogP) is 3.82. The maximum absolute atomic E-state index is 12.6. The van der Waals surface area contributed by atoms with Gasteiger partial charge in [0, 0.05) is 30.2 Å². The van der Waals surface area contributed by atoms with Gasteiger partial charge in [0.05, 0.1) is 7.11 Å². The van der Waals surface area contributed by atoms with Crippen molar-refractivity contribution in [3.63, 3.8) is 0 Å². The third-order valence-corrected chi connectivity index (χ3v) is 4.55. The Bertz CT molecular complexity index is 974. The summed E-state index contributed by atoms with van der Waals surface area (Å²) in [4.78, 5) is 23.6. The van der Waals surface area contributed by atoms with Crippen molar-refractivity contribution in [3.05, 3.63) is 72.1 Å². The summed E-state index contributed by atoms with van der Waals surface area (Å²) >= 11 is 0. The fourth-order valence-electron chi connectivity index (χ4n) is 3.24. The van der Waals surface area contributed by atoms with Gasteiger partial charge in [-0.3, -0.25) is 4.79 Å². The van der Waals surface area contributed by atoms with Crippen LogP contribution in [0, 0.1) is 0 Å². The third-order valence-electron chi connectivity index (χ3n) is 4.55. The Hall–Kier alpha value is -3.41. The molecule has 3 aromatic rings. The Morgan fingerprint density at radius 2 is 2.04 bits per heavy atom. The van der Waals surface area contributed by atoms with Gasteiger partial charge < -0.3 is 15.0 Å². The fourth-order valence-corrected chi connectivity index (χ4v) is 3.24. The number of benzene rings is 2. The van der Waals surface area contributed by atoms with Gasteiger partial charge in [-0.15, -0.1) is 0 Å². The number of carbonyl (C=O) groups is 1. The molecule has 0 aliphatic carbocycles. The molecule has 0 spiro atoms. The Morgan fingerprint density at radius 1 is 1.15 bits per heavy atom. The lowest BCUT2D eigenvalue weighted by Gasteiger charge is -2.29. The van der Waals surface area contributed by atoms with Crippen molar-refractivity contribution in [1.29, 1.82) is 0 Å². The average Bonchev–Trinajstić information content (AvgIpc) is 2.73. The van der Waals surface area contributed by atoms with Gasteiger partial charge >= 0.3 is 0 Å². The number of nitrogens with zero attached hydrogens (tertiary/aromatic N) is 3. The van der Waals surface area contributed by atoms with Crippen LogP contribution in [-0.4, -0.2) is 29.5 Å². The predicted molar refractivity (Wildman–Crippen MR) is 105 cm³/mol. The van der Waals surface area contributed by atoms with Crippen LogP contribution in [0.1, 0.15) is 22.5 Å². The lowest BCUT2D eigenvalue weighted by molar-refractivity contribution is 0.102. The van der Waals surface area contributed by atoms with Crippen molar-refractivity contribution in [3.8, 4) is 5.75 Å². The molecular weight excluding hydrogens is 340 g/mol. The van der Waals surface area contributed by atoms with Gasteiger partial charge in [-0.2, -0.15) is 0 Å². The second-order valence-corrected chi connectivity index (χ2v) is 6.31. The highest BCUT2D eigenvalue weighted by atomic mass is 16.5. The summed E-state index contributed by atoms with van der Waals surface area (Å²) in [5.74, 6) is 0.943. The summed E-state index contributed by atoms with van der Waals surface area (Å²) < 4.78 is 5.19. The largest absolute Gasteiger partial charge is 0.497 e. The molecule has 6 heteroatoms. The molecule has 1 aliphatic rings. The molecule has 4 rings (SSSR count). The Balaban J connectivity index is 1.59. The maximum Gasteiger partial charge on any atom is 0.274 e. The quantitative estimate of drug-likeness (QED) is 0.766. The molecule has 136 valence electrons. The topological polar surface area (TPSA) is 67.3 Å². The summed E-state index contributed by atoms with van der Waals surface area (Å²) in [5.41, 5.74) is 3.36. The number of carbonyl (C=O) groups excluding carboxylic acids is 1. The van der Waals surface area contributed by atoms with Crippen LogP contribution in [0.25, 0.3) is 0 Å². The van der Waals surface area contributed by atoms with Crippen LogP contribution in [0.5, 0.6) is 5.75 Å². The number of hydrogen-bond donors (Lipinski definition) is 1. The summed E-state index contributed by atoms with van der Waals surface area (Å²) in [6.45, 7) is 0.831. The number of aryl methyl sites for hydroxylation is 1. The van der Waals surface area contributed by atoms with E-state index < -0.39 is 0 Å². The number of para-hydroxylation sites is 1. The molecule has 0 fully saturated rings. The molecule has 1 aliphatic heterocycles. The van der Waals surface area contributed by atoms with Crippen molar-refractivity contribution in [2.75, 3.05) is 23.9 Å². The number of ether oxygens (including phenoxy) is 1. The first-order valence-corrected chi connectivity index (χ1v) is 8.88. The first-order chi connectivity index (χ1) is 13.2. The highest BCUT2D eigenvalue weighted by Crippen LogP contribution is 2.31. The molecule has 0 unspecified atom stereocenters. The Kier molecular flexibility index (Phi) is 4.70. The number of hydrogen-bond acceptors (Lipinski definition) is 5. The van der Waals surface area contributed by atoms with Crippen molar-refractivity contribution >= 4 is 23.2 Å². The second-order valence-electron chi connectivity index (χ2n) is 6.31. The molecule has 0 radical (unpaired) electrons.